The molecule has 1 N–H and O–H groups in total. The van der Waals surface area contributed by atoms with Gasteiger partial charge in [0.2, 0.25) is 0 Å². The fourth-order valence-corrected chi connectivity index (χ4v) is 2.63. The van der Waals surface area contributed by atoms with Gasteiger partial charge in [0, 0.05) is 0 Å². The Hall–Kier alpha value is -1.60. The van der Waals surface area contributed by atoms with Crippen LogP contribution in [-0.4, -0.2) is 5.11 Å². The standard InChI is InChI=1S/C20H26O/c1-2-3-4-5-7-10-17-13-15-19(16-14-17)20(21)18-11-8-6-9-12-18/h6,8-9,11-16,20-21H,2-5,7,10H2,1H3. The van der Waals surface area contributed by atoms with Crippen molar-refractivity contribution in [2.75, 3.05) is 0 Å². The number of hydrogen-bond acceptors (Lipinski definition) is 1. The number of aliphatic hydroxyl groups excluding tert-OH is 1. The molecular formula is C20H26O. The molecule has 0 aliphatic rings. The van der Waals surface area contributed by atoms with Crippen molar-refractivity contribution in [3.8, 4) is 0 Å². The first-order valence-corrected chi connectivity index (χ1v) is 8.13. The fraction of sp³-hybridized carbons (Fsp3) is 0.400. The van der Waals surface area contributed by atoms with Gasteiger partial charge in [0.1, 0.15) is 6.10 Å². The molecular weight excluding hydrogens is 256 g/mol. The third-order valence-electron chi connectivity index (χ3n) is 3.98. The average molecular weight is 282 g/mol. The van der Waals surface area contributed by atoms with E-state index in [4.69, 9.17) is 0 Å². The van der Waals surface area contributed by atoms with Gasteiger partial charge in [-0.05, 0) is 29.5 Å². The van der Waals surface area contributed by atoms with Crippen molar-refractivity contribution < 1.29 is 5.11 Å². The molecule has 0 heterocycles. The Bertz CT molecular complexity index is 501. The Morgan fingerprint density at radius 1 is 0.762 bits per heavy atom. The van der Waals surface area contributed by atoms with E-state index in [9.17, 15) is 5.11 Å². The van der Waals surface area contributed by atoms with Gasteiger partial charge in [0.15, 0.2) is 0 Å². The lowest BCUT2D eigenvalue weighted by Crippen LogP contribution is -1.99. The molecule has 0 amide bonds. The second-order valence-corrected chi connectivity index (χ2v) is 5.72. The van der Waals surface area contributed by atoms with Gasteiger partial charge in [-0.2, -0.15) is 0 Å². The van der Waals surface area contributed by atoms with Crippen LogP contribution in [0.4, 0.5) is 0 Å². The van der Waals surface area contributed by atoms with Crippen molar-refractivity contribution in [1.82, 2.24) is 0 Å². The van der Waals surface area contributed by atoms with Crippen LogP contribution in [0.3, 0.4) is 0 Å². The Morgan fingerprint density at radius 3 is 2.05 bits per heavy atom. The SMILES string of the molecule is CCCCCCCc1ccc(C(O)c2ccccc2)cc1. The largest absolute Gasteiger partial charge is 0.384 e. The van der Waals surface area contributed by atoms with Crippen LogP contribution in [0, 0.1) is 0 Å². The quantitative estimate of drug-likeness (QED) is 0.653. The minimum atomic E-state index is -0.523. The molecule has 0 spiro atoms. The minimum Gasteiger partial charge on any atom is -0.384 e. The Balaban J connectivity index is 1.87. The van der Waals surface area contributed by atoms with Crippen LogP contribution < -0.4 is 0 Å². The summed E-state index contributed by atoms with van der Waals surface area (Å²) in [5.41, 5.74) is 3.29. The van der Waals surface area contributed by atoms with Gasteiger partial charge in [-0.15, -0.1) is 0 Å². The summed E-state index contributed by atoms with van der Waals surface area (Å²) < 4.78 is 0. The van der Waals surface area contributed by atoms with E-state index >= 15 is 0 Å². The van der Waals surface area contributed by atoms with E-state index in [0.717, 1.165) is 17.5 Å². The van der Waals surface area contributed by atoms with Gasteiger partial charge in [0.25, 0.3) is 0 Å². The molecule has 2 aromatic carbocycles. The number of hydrogen-bond donors (Lipinski definition) is 1. The van der Waals surface area contributed by atoms with E-state index in [-0.39, 0.29) is 0 Å². The van der Waals surface area contributed by atoms with Crippen molar-refractivity contribution in [2.24, 2.45) is 0 Å². The van der Waals surface area contributed by atoms with Crippen molar-refractivity contribution in [3.63, 3.8) is 0 Å². The van der Waals surface area contributed by atoms with E-state index < -0.39 is 6.10 Å². The molecule has 1 atom stereocenters. The zero-order valence-corrected chi connectivity index (χ0v) is 13.0. The molecule has 2 rings (SSSR count). The van der Waals surface area contributed by atoms with E-state index in [1.165, 1.54) is 37.7 Å². The maximum absolute atomic E-state index is 10.4. The maximum atomic E-state index is 10.4. The lowest BCUT2D eigenvalue weighted by atomic mass is 9.99. The molecule has 0 radical (unpaired) electrons. The summed E-state index contributed by atoms with van der Waals surface area (Å²) in [6.45, 7) is 2.25. The normalized spacial score (nSPS) is 12.3. The van der Waals surface area contributed by atoms with E-state index in [1.807, 2.05) is 30.3 Å². The number of aliphatic hydroxyl groups is 1. The Morgan fingerprint density at radius 2 is 1.38 bits per heavy atom. The minimum absolute atomic E-state index is 0.523. The van der Waals surface area contributed by atoms with Crippen LogP contribution in [0.2, 0.25) is 0 Å². The van der Waals surface area contributed by atoms with Gasteiger partial charge in [-0.25, -0.2) is 0 Å². The van der Waals surface area contributed by atoms with Crippen molar-refractivity contribution >= 4 is 0 Å². The number of rotatable bonds is 8. The zero-order chi connectivity index (χ0) is 14.9. The highest BCUT2D eigenvalue weighted by Crippen LogP contribution is 2.22. The molecule has 112 valence electrons. The van der Waals surface area contributed by atoms with Crippen LogP contribution in [0.5, 0.6) is 0 Å². The highest BCUT2D eigenvalue weighted by molar-refractivity contribution is 5.31. The van der Waals surface area contributed by atoms with Gasteiger partial charge in [-0.1, -0.05) is 87.2 Å². The lowest BCUT2D eigenvalue weighted by Gasteiger charge is -2.12. The van der Waals surface area contributed by atoms with Gasteiger partial charge in [-0.3, -0.25) is 0 Å². The summed E-state index contributed by atoms with van der Waals surface area (Å²) in [6.07, 6.45) is 7.20. The van der Waals surface area contributed by atoms with Crippen molar-refractivity contribution in [3.05, 3.63) is 71.3 Å². The summed E-state index contributed by atoms with van der Waals surface area (Å²) in [7, 11) is 0. The highest BCUT2D eigenvalue weighted by Gasteiger charge is 2.09. The van der Waals surface area contributed by atoms with Crippen LogP contribution in [0.15, 0.2) is 54.6 Å². The summed E-state index contributed by atoms with van der Waals surface area (Å²) >= 11 is 0. The number of aryl methyl sites for hydroxylation is 1. The topological polar surface area (TPSA) is 20.2 Å². The molecule has 1 unspecified atom stereocenters. The predicted octanol–water partition coefficient (Wildman–Crippen LogP) is 5.28. The lowest BCUT2D eigenvalue weighted by molar-refractivity contribution is 0.220. The molecule has 0 aromatic heterocycles. The van der Waals surface area contributed by atoms with Crippen molar-refractivity contribution in [1.29, 1.82) is 0 Å². The molecule has 21 heavy (non-hydrogen) atoms. The van der Waals surface area contributed by atoms with Gasteiger partial charge >= 0.3 is 0 Å². The molecule has 0 aliphatic heterocycles. The summed E-state index contributed by atoms with van der Waals surface area (Å²) in [6, 6.07) is 18.2. The Labute approximate surface area is 128 Å². The van der Waals surface area contributed by atoms with E-state index in [2.05, 4.69) is 31.2 Å². The second-order valence-electron chi connectivity index (χ2n) is 5.72. The fourth-order valence-electron chi connectivity index (χ4n) is 2.63. The third-order valence-corrected chi connectivity index (χ3v) is 3.98. The smallest absolute Gasteiger partial charge is 0.104 e. The molecule has 1 heteroatoms. The van der Waals surface area contributed by atoms with Crippen LogP contribution in [0.25, 0.3) is 0 Å². The molecule has 0 saturated heterocycles. The molecule has 1 nitrogen and oxygen atoms in total. The van der Waals surface area contributed by atoms with E-state index in [1.54, 1.807) is 0 Å². The summed E-state index contributed by atoms with van der Waals surface area (Å²) in [5.74, 6) is 0. The van der Waals surface area contributed by atoms with E-state index in [0.29, 0.717) is 0 Å². The maximum Gasteiger partial charge on any atom is 0.104 e. The van der Waals surface area contributed by atoms with Crippen LogP contribution >= 0.6 is 0 Å². The predicted molar refractivity (Wildman–Crippen MR) is 89.4 cm³/mol. The van der Waals surface area contributed by atoms with Gasteiger partial charge < -0.3 is 5.11 Å². The van der Waals surface area contributed by atoms with Crippen LogP contribution in [0.1, 0.15) is 61.8 Å². The highest BCUT2D eigenvalue weighted by atomic mass is 16.3. The van der Waals surface area contributed by atoms with Crippen LogP contribution in [-0.2, 0) is 6.42 Å². The monoisotopic (exact) mass is 282 g/mol. The van der Waals surface area contributed by atoms with Crippen molar-refractivity contribution in [2.45, 2.75) is 51.6 Å². The molecule has 0 saturated carbocycles. The molecule has 0 aliphatic carbocycles. The van der Waals surface area contributed by atoms with Gasteiger partial charge in [0.05, 0.1) is 0 Å². The zero-order valence-electron chi connectivity index (χ0n) is 13.0. The molecule has 0 bridgehead atoms. The second kappa shape index (κ2) is 8.63. The third kappa shape index (κ3) is 5.02. The molecule has 0 fully saturated rings. The summed E-state index contributed by atoms with van der Waals surface area (Å²) in [5, 5.41) is 10.4. The first kappa shape index (κ1) is 15.8. The number of unbranched alkanes of at least 4 members (excludes halogenated alkanes) is 4. The Kier molecular flexibility index (Phi) is 6.49. The molecule has 2 aromatic rings. The first-order valence-electron chi connectivity index (χ1n) is 8.13. The first-order chi connectivity index (χ1) is 10.3. The summed E-state index contributed by atoms with van der Waals surface area (Å²) in [4.78, 5) is 0. The average Bonchev–Trinajstić information content (AvgIpc) is 2.55. The number of benzene rings is 2.